The summed E-state index contributed by atoms with van der Waals surface area (Å²) in [5.41, 5.74) is 0.153. The third-order valence-electron chi connectivity index (χ3n) is 4.57. The molecule has 0 aliphatic heterocycles. The Morgan fingerprint density at radius 3 is 2.28 bits per heavy atom. The minimum atomic E-state index is -0.613. The fourth-order valence-corrected chi connectivity index (χ4v) is 3.33. The molecule has 0 unspecified atom stereocenters. The van der Waals surface area contributed by atoms with Gasteiger partial charge in [0.25, 0.3) is 0 Å². The van der Waals surface area contributed by atoms with E-state index < -0.39 is 5.97 Å². The maximum atomic E-state index is 12.8. The number of hydrogen-bond acceptors (Lipinski definition) is 7. The Balaban J connectivity index is 1.60. The van der Waals surface area contributed by atoms with Crippen LogP contribution in [0.15, 0.2) is 80.6 Å². The topological polar surface area (TPSA) is 84.2 Å². The third-order valence-corrected chi connectivity index (χ3v) is 5.22. The van der Waals surface area contributed by atoms with Gasteiger partial charge < -0.3 is 23.4 Å². The van der Waals surface area contributed by atoms with Crippen molar-refractivity contribution in [1.82, 2.24) is 0 Å². The van der Waals surface area contributed by atoms with Crippen LogP contribution in [0.5, 0.6) is 28.7 Å². The van der Waals surface area contributed by atoms with Gasteiger partial charge >= 0.3 is 5.97 Å². The van der Waals surface area contributed by atoms with Crippen molar-refractivity contribution >= 4 is 32.9 Å². The average Bonchev–Trinajstić information content (AvgIpc) is 2.81. The predicted molar refractivity (Wildman–Crippen MR) is 121 cm³/mol. The molecule has 0 saturated heterocycles. The summed E-state index contributed by atoms with van der Waals surface area (Å²) in [7, 11) is 2.98. The monoisotopic (exact) mass is 496 g/mol. The number of para-hydroxylation sites is 1. The van der Waals surface area contributed by atoms with Gasteiger partial charge in [-0.1, -0.05) is 12.1 Å². The number of ether oxygens (including phenoxy) is 4. The van der Waals surface area contributed by atoms with Crippen molar-refractivity contribution < 1.29 is 28.2 Å². The van der Waals surface area contributed by atoms with E-state index in [0.717, 1.165) is 0 Å². The van der Waals surface area contributed by atoms with Crippen molar-refractivity contribution in [3.05, 3.63) is 87.2 Å². The Morgan fingerprint density at radius 2 is 1.59 bits per heavy atom. The molecule has 0 spiro atoms. The summed E-state index contributed by atoms with van der Waals surface area (Å²) in [5.74, 6) is 1.04. The second-order valence-electron chi connectivity index (χ2n) is 6.61. The molecule has 0 radical (unpaired) electrons. The normalized spacial score (nSPS) is 10.6. The van der Waals surface area contributed by atoms with E-state index in [4.69, 9.17) is 23.4 Å². The number of hydrogen-bond donors (Lipinski definition) is 0. The van der Waals surface area contributed by atoms with Crippen LogP contribution in [-0.2, 0) is 0 Å². The van der Waals surface area contributed by atoms with Crippen LogP contribution in [0.1, 0.15) is 10.4 Å². The van der Waals surface area contributed by atoms with Gasteiger partial charge in [-0.05, 0) is 52.3 Å². The van der Waals surface area contributed by atoms with Gasteiger partial charge in [0.05, 0.1) is 29.6 Å². The number of carbonyl (C=O) groups is 1. The first-order valence-corrected chi connectivity index (χ1v) is 10.2. The quantitative estimate of drug-likeness (QED) is 0.254. The summed E-state index contributed by atoms with van der Waals surface area (Å²) in [4.78, 5) is 25.4. The number of benzene rings is 3. The molecule has 32 heavy (non-hydrogen) atoms. The van der Waals surface area contributed by atoms with Crippen LogP contribution < -0.4 is 24.4 Å². The first-order valence-electron chi connectivity index (χ1n) is 9.41. The summed E-state index contributed by atoms with van der Waals surface area (Å²) in [6.45, 7) is 0. The molecule has 0 N–H and O–H groups in total. The molecule has 0 atom stereocenters. The van der Waals surface area contributed by atoms with Crippen molar-refractivity contribution in [1.29, 1.82) is 0 Å². The Labute approximate surface area is 191 Å². The summed E-state index contributed by atoms with van der Waals surface area (Å²) in [6, 6.07) is 16.4. The number of halogens is 1. The molecular weight excluding hydrogens is 480 g/mol. The lowest BCUT2D eigenvalue weighted by molar-refractivity contribution is 0.0734. The first kappa shape index (κ1) is 21.5. The molecule has 4 aromatic rings. The summed E-state index contributed by atoms with van der Waals surface area (Å²) >= 11 is 3.38. The van der Waals surface area contributed by atoms with Gasteiger partial charge in [-0.3, -0.25) is 4.79 Å². The largest absolute Gasteiger partial charge is 0.497 e. The zero-order valence-corrected chi connectivity index (χ0v) is 18.7. The minimum absolute atomic E-state index is 0.0395. The zero-order chi connectivity index (χ0) is 22.7. The van der Waals surface area contributed by atoms with E-state index in [9.17, 15) is 9.59 Å². The molecule has 162 valence electrons. The van der Waals surface area contributed by atoms with Gasteiger partial charge in [0.1, 0.15) is 34.8 Å². The lowest BCUT2D eigenvalue weighted by atomic mass is 10.2. The Hall–Kier alpha value is -3.78. The van der Waals surface area contributed by atoms with E-state index in [2.05, 4.69) is 15.9 Å². The van der Waals surface area contributed by atoms with Crippen LogP contribution in [0, 0.1) is 0 Å². The van der Waals surface area contributed by atoms with Crippen LogP contribution >= 0.6 is 15.9 Å². The molecule has 8 heteroatoms. The van der Waals surface area contributed by atoms with E-state index >= 15 is 0 Å². The van der Waals surface area contributed by atoms with Crippen molar-refractivity contribution in [2.24, 2.45) is 0 Å². The fourth-order valence-electron chi connectivity index (χ4n) is 2.96. The summed E-state index contributed by atoms with van der Waals surface area (Å²) in [5, 5.41) is 0.289. The van der Waals surface area contributed by atoms with Crippen molar-refractivity contribution in [2.75, 3.05) is 14.2 Å². The lowest BCUT2D eigenvalue weighted by Gasteiger charge is -2.09. The number of carbonyl (C=O) groups excluding carboxylic acids is 1. The molecule has 1 aromatic heterocycles. The Morgan fingerprint density at radius 1 is 0.875 bits per heavy atom. The van der Waals surface area contributed by atoms with Crippen LogP contribution in [0.25, 0.3) is 11.0 Å². The second kappa shape index (κ2) is 9.15. The smallest absolute Gasteiger partial charge is 0.343 e. The molecular formula is C24H17BrO7. The molecule has 3 aromatic carbocycles. The summed E-state index contributed by atoms with van der Waals surface area (Å²) in [6.07, 6.45) is 1.22. The van der Waals surface area contributed by atoms with E-state index in [0.29, 0.717) is 21.7 Å². The van der Waals surface area contributed by atoms with Gasteiger partial charge in [-0.15, -0.1) is 0 Å². The SMILES string of the molecule is COc1cc(OC)cc(C(=O)Oc2ccc3c(=O)c(Oc4ccccc4Br)coc3c2)c1. The molecule has 0 amide bonds. The van der Waals surface area contributed by atoms with Gasteiger partial charge in [0.15, 0.2) is 0 Å². The number of rotatable bonds is 6. The first-order chi connectivity index (χ1) is 15.5. The highest BCUT2D eigenvalue weighted by atomic mass is 79.9. The average molecular weight is 497 g/mol. The minimum Gasteiger partial charge on any atom is -0.497 e. The van der Waals surface area contributed by atoms with Crippen LogP contribution in [0.2, 0.25) is 0 Å². The van der Waals surface area contributed by atoms with Crippen LogP contribution in [0.4, 0.5) is 0 Å². The lowest BCUT2D eigenvalue weighted by Crippen LogP contribution is -2.10. The highest BCUT2D eigenvalue weighted by Crippen LogP contribution is 2.29. The molecule has 0 aliphatic rings. The maximum Gasteiger partial charge on any atom is 0.343 e. The third kappa shape index (κ3) is 4.45. The molecule has 0 fully saturated rings. The fraction of sp³-hybridized carbons (Fsp3) is 0.0833. The Bertz CT molecular complexity index is 1340. The second-order valence-corrected chi connectivity index (χ2v) is 7.46. The highest BCUT2D eigenvalue weighted by Gasteiger charge is 2.15. The number of methoxy groups -OCH3 is 2. The van der Waals surface area contributed by atoms with Gasteiger partial charge in [0.2, 0.25) is 11.2 Å². The maximum absolute atomic E-state index is 12.8. The molecule has 1 heterocycles. The van der Waals surface area contributed by atoms with E-state index in [1.807, 2.05) is 6.07 Å². The van der Waals surface area contributed by atoms with E-state index in [-0.39, 0.29) is 33.5 Å². The van der Waals surface area contributed by atoms with Crippen LogP contribution in [-0.4, -0.2) is 20.2 Å². The molecule has 7 nitrogen and oxygen atoms in total. The van der Waals surface area contributed by atoms with Crippen molar-refractivity contribution in [3.63, 3.8) is 0 Å². The molecule has 0 saturated carbocycles. The van der Waals surface area contributed by atoms with E-state index in [1.165, 1.54) is 50.8 Å². The highest BCUT2D eigenvalue weighted by molar-refractivity contribution is 9.10. The number of fused-ring (bicyclic) bond motifs is 1. The molecule has 0 bridgehead atoms. The predicted octanol–water partition coefficient (Wildman–Crippen LogP) is 5.58. The standard InChI is InChI=1S/C24H17BrO7/c1-28-16-9-14(10-17(11-16)29-2)24(27)31-15-7-8-18-21(12-15)30-13-22(23(18)26)32-20-6-4-3-5-19(20)25/h3-13H,1-2H3. The summed E-state index contributed by atoms with van der Waals surface area (Å²) < 4.78 is 27.7. The van der Waals surface area contributed by atoms with Gasteiger partial charge in [-0.25, -0.2) is 4.79 Å². The van der Waals surface area contributed by atoms with Crippen LogP contribution in [0.3, 0.4) is 0 Å². The van der Waals surface area contributed by atoms with Gasteiger partial charge in [-0.2, -0.15) is 0 Å². The van der Waals surface area contributed by atoms with E-state index in [1.54, 1.807) is 24.3 Å². The van der Waals surface area contributed by atoms with Crippen molar-refractivity contribution in [2.45, 2.75) is 0 Å². The number of esters is 1. The zero-order valence-electron chi connectivity index (χ0n) is 17.1. The Kier molecular flexibility index (Phi) is 6.13. The molecule has 0 aliphatic carbocycles. The van der Waals surface area contributed by atoms with Crippen molar-refractivity contribution in [3.8, 4) is 28.7 Å². The molecule has 4 rings (SSSR count). The van der Waals surface area contributed by atoms with Gasteiger partial charge in [0, 0.05) is 12.1 Å².